The number of halogens is 3. The van der Waals surface area contributed by atoms with Gasteiger partial charge < -0.3 is 5.11 Å². The Morgan fingerprint density at radius 2 is 1.89 bits per heavy atom. The second-order valence-corrected chi connectivity index (χ2v) is 3.87. The molecule has 0 fully saturated rings. The zero-order chi connectivity index (χ0) is 13.2. The van der Waals surface area contributed by atoms with Crippen LogP contribution >= 0.6 is 0 Å². The summed E-state index contributed by atoms with van der Waals surface area (Å²) in [7, 11) is 0. The van der Waals surface area contributed by atoms with E-state index in [9.17, 15) is 18.3 Å². The summed E-state index contributed by atoms with van der Waals surface area (Å²) in [6.07, 6.45) is -4.47. The van der Waals surface area contributed by atoms with Crippen molar-refractivity contribution >= 4 is 10.8 Å². The molecule has 1 N–H and O–H groups in total. The van der Waals surface area contributed by atoms with Gasteiger partial charge in [0.05, 0.1) is 6.61 Å². The first-order valence-electron chi connectivity index (χ1n) is 5.37. The molecule has 0 aliphatic carbocycles. The number of aromatic hydroxyl groups is 1. The summed E-state index contributed by atoms with van der Waals surface area (Å²) in [6.45, 7) is -0.432. The molecule has 0 aliphatic rings. The minimum Gasteiger partial charge on any atom is -0.508 e. The molecule has 0 aliphatic heterocycles. The highest BCUT2D eigenvalue weighted by molar-refractivity contribution is 5.86. The third-order valence-corrected chi connectivity index (χ3v) is 2.59. The second kappa shape index (κ2) is 4.86. The Hall–Kier alpha value is -1.75. The molecular formula is C13H11F3O2. The lowest BCUT2D eigenvalue weighted by Gasteiger charge is -2.09. The third-order valence-electron chi connectivity index (χ3n) is 2.59. The normalized spacial score (nSPS) is 11.9. The van der Waals surface area contributed by atoms with Gasteiger partial charge in [-0.15, -0.1) is 13.2 Å². The standard InChI is InChI=1S/C13H11F3O2/c14-13(15,16)18-7-6-10-3-1-2-9-4-5-11(17)8-12(9)10/h1-5,8,17H,6-7H2. The van der Waals surface area contributed by atoms with Crippen molar-refractivity contribution in [2.75, 3.05) is 6.61 Å². The topological polar surface area (TPSA) is 29.5 Å². The molecule has 0 aromatic heterocycles. The van der Waals surface area contributed by atoms with Gasteiger partial charge in [0.15, 0.2) is 0 Å². The molecule has 0 atom stereocenters. The van der Waals surface area contributed by atoms with Gasteiger partial charge in [0.25, 0.3) is 0 Å². The van der Waals surface area contributed by atoms with Crippen LogP contribution in [0.4, 0.5) is 13.2 Å². The number of phenols is 1. The molecule has 0 spiro atoms. The molecule has 0 unspecified atom stereocenters. The van der Waals surface area contributed by atoms with Gasteiger partial charge in [-0.3, -0.25) is 4.74 Å². The fourth-order valence-corrected chi connectivity index (χ4v) is 1.82. The van der Waals surface area contributed by atoms with Crippen molar-refractivity contribution in [1.82, 2.24) is 0 Å². The van der Waals surface area contributed by atoms with Gasteiger partial charge in [-0.2, -0.15) is 0 Å². The molecule has 5 heteroatoms. The van der Waals surface area contributed by atoms with E-state index >= 15 is 0 Å². The molecule has 0 amide bonds. The average Bonchev–Trinajstić information content (AvgIpc) is 2.28. The first kappa shape index (κ1) is 12.7. The fourth-order valence-electron chi connectivity index (χ4n) is 1.82. The number of hydrogen-bond donors (Lipinski definition) is 1. The van der Waals surface area contributed by atoms with Gasteiger partial charge in [0.2, 0.25) is 0 Å². The molecule has 0 bridgehead atoms. The molecule has 0 saturated heterocycles. The van der Waals surface area contributed by atoms with Gasteiger partial charge >= 0.3 is 6.36 Å². The van der Waals surface area contributed by atoms with Gasteiger partial charge in [-0.05, 0) is 34.9 Å². The Morgan fingerprint density at radius 3 is 2.61 bits per heavy atom. The molecule has 2 rings (SSSR count). The summed E-state index contributed by atoms with van der Waals surface area (Å²) >= 11 is 0. The van der Waals surface area contributed by atoms with E-state index in [1.54, 1.807) is 24.3 Å². The molecular weight excluding hydrogens is 245 g/mol. The quantitative estimate of drug-likeness (QED) is 0.908. The van der Waals surface area contributed by atoms with Crippen LogP contribution in [-0.4, -0.2) is 18.1 Å². The maximum atomic E-state index is 11.9. The molecule has 0 saturated carbocycles. The minimum atomic E-state index is -4.60. The van der Waals surface area contributed by atoms with Crippen molar-refractivity contribution in [3.8, 4) is 5.75 Å². The fraction of sp³-hybridized carbons (Fsp3) is 0.231. The van der Waals surface area contributed by atoms with Crippen LogP contribution in [-0.2, 0) is 11.2 Å². The molecule has 0 heterocycles. The lowest BCUT2D eigenvalue weighted by molar-refractivity contribution is -0.324. The van der Waals surface area contributed by atoms with Gasteiger partial charge in [-0.25, -0.2) is 0 Å². The predicted molar refractivity (Wildman–Crippen MR) is 61.3 cm³/mol. The highest BCUT2D eigenvalue weighted by Crippen LogP contribution is 2.24. The summed E-state index contributed by atoms with van der Waals surface area (Å²) < 4.78 is 39.4. The molecule has 2 aromatic rings. The third kappa shape index (κ3) is 3.13. The SMILES string of the molecule is Oc1ccc2cccc(CCOC(F)(F)F)c2c1. The molecule has 0 radical (unpaired) electrons. The minimum absolute atomic E-state index is 0.0895. The number of fused-ring (bicyclic) bond motifs is 1. The highest BCUT2D eigenvalue weighted by atomic mass is 19.4. The van der Waals surface area contributed by atoms with E-state index in [1.807, 2.05) is 6.07 Å². The highest BCUT2D eigenvalue weighted by Gasteiger charge is 2.28. The van der Waals surface area contributed by atoms with E-state index in [2.05, 4.69) is 4.74 Å². The lowest BCUT2D eigenvalue weighted by Crippen LogP contribution is -2.15. The van der Waals surface area contributed by atoms with Gasteiger partial charge in [0, 0.05) is 0 Å². The van der Waals surface area contributed by atoms with Crippen molar-refractivity contribution in [3.63, 3.8) is 0 Å². The largest absolute Gasteiger partial charge is 0.522 e. The number of phenolic OH excluding ortho intramolecular Hbond substituents is 1. The van der Waals surface area contributed by atoms with Crippen LogP contribution in [0.3, 0.4) is 0 Å². The first-order chi connectivity index (χ1) is 8.46. The number of rotatable bonds is 3. The average molecular weight is 256 g/mol. The maximum Gasteiger partial charge on any atom is 0.522 e. The second-order valence-electron chi connectivity index (χ2n) is 3.87. The summed E-state index contributed by atoms with van der Waals surface area (Å²) in [6, 6.07) is 10.1. The maximum absolute atomic E-state index is 11.9. The number of benzene rings is 2. The Bertz CT molecular complexity index is 549. The van der Waals surface area contributed by atoms with Crippen LogP contribution in [0.5, 0.6) is 5.75 Å². The van der Waals surface area contributed by atoms with Crippen molar-refractivity contribution < 1.29 is 23.0 Å². The first-order valence-corrected chi connectivity index (χ1v) is 5.37. The number of ether oxygens (including phenoxy) is 1. The van der Waals surface area contributed by atoms with Crippen LogP contribution in [0.1, 0.15) is 5.56 Å². The van der Waals surface area contributed by atoms with E-state index < -0.39 is 13.0 Å². The van der Waals surface area contributed by atoms with Crippen LogP contribution < -0.4 is 0 Å². The van der Waals surface area contributed by atoms with E-state index in [1.165, 1.54) is 6.07 Å². The number of hydrogen-bond acceptors (Lipinski definition) is 2. The molecule has 2 aromatic carbocycles. The van der Waals surface area contributed by atoms with E-state index in [0.717, 1.165) is 10.8 Å². The van der Waals surface area contributed by atoms with Crippen LogP contribution in [0, 0.1) is 0 Å². The zero-order valence-corrected chi connectivity index (χ0v) is 9.37. The summed E-state index contributed by atoms with van der Waals surface area (Å²) in [5.41, 5.74) is 0.715. The Morgan fingerprint density at radius 1 is 1.11 bits per heavy atom. The van der Waals surface area contributed by atoms with Crippen LogP contribution in [0.15, 0.2) is 36.4 Å². The Balaban J connectivity index is 2.20. The lowest BCUT2D eigenvalue weighted by atomic mass is 10.0. The van der Waals surface area contributed by atoms with E-state index in [4.69, 9.17) is 0 Å². The molecule has 18 heavy (non-hydrogen) atoms. The van der Waals surface area contributed by atoms with Crippen molar-refractivity contribution in [1.29, 1.82) is 0 Å². The Kier molecular flexibility index (Phi) is 3.43. The molecule has 96 valence electrons. The predicted octanol–water partition coefficient (Wildman–Crippen LogP) is 3.62. The van der Waals surface area contributed by atoms with Crippen LogP contribution in [0.25, 0.3) is 10.8 Å². The monoisotopic (exact) mass is 256 g/mol. The van der Waals surface area contributed by atoms with Gasteiger partial charge in [-0.1, -0.05) is 24.3 Å². The van der Waals surface area contributed by atoms with Crippen LogP contribution in [0.2, 0.25) is 0 Å². The number of alkyl halides is 3. The summed E-state index contributed by atoms with van der Waals surface area (Å²) in [4.78, 5) is 0. The Labute approximate surface area is 102 Å². The van der Waals surface area contributed by atoms with Crippen molar-refractivity contribution in [2.24, 2.45) is 0 Å². The smallest absolute Gasteiger partial charge is 0.508 e. The summed E-state index contributed by atoms with van der Waals surface area (Å²) in [5.74, 6) is 0.0895. The van der Waals surface area contributed by atoms with E-state index in [-0.39, 0.29) is 12.2 Å². The van der Waals surface area contributed by atoms with Crippen molar-refractivity contribution in [3.05, 3.63) is 42.0 Å². The summed E-state index contributed by atoms with van der Waals surface area (Å²) in [5, 5.41) is 11.0. The van der Waals surface area contributed by atoms with Crippen molar-refractivity contribution in [2.45, 2.75) is 12.8 Å². The van der Waals surface area contributed by atoms with Gasteiger partial charge in [0.1, 0.15) is 5.75 Å². The zero-order valence-electron chi connectivity index (χ0n) is 9.37. The molecule has 2 nitrogen and oxygen atoms in total. The van der Waals surface area contributed by atoms with E-state index in [0.29, 0.717) is 5.56 Å².